The standard InChI is InChI=1S/C7H17N.C2H4/c1-4-5-6-7-8(2)3;1-2/h4-7H2,1-3H3;1-2H2. The van der Waals surface area contributed by atoms with Crippen LogP contribution in [0.15, 0.2) is 13.2 Å². The molecule has 0 aromatic carbocycles. The van der Waals surface area contributed by atoms with E-state index in [4.69, 9.17) is 0 Å². The summed E-state index contributed by atoms with van der Waals surface area (Å²) in [5.41, 5.74) is 0. The van der Waals surface area contributed by atoms with Gasteiger partial charge in [-0.15, -0.1) is 13.2 Å². The first kappa shape index (κ1) is 12.4. The van der Waals surface area contributed by atoms with Crippen LogP contribution in [0.2, 0.25) is 0 Å². The van der Waals surface area contributed by atoms with Gasteiger partial charge in [-0.1, -0.05) is 19.8 Å². The van der Waals surface area contributed by atoms with Crippen LogP contribution in [0.25, 0.3) is 0 Å². The minimum atomic E-state index is 1.24. The van der Waals surface area contributed by atoms with Crippen LogP contribution < -0.4 is 0 Å². The van der Waals surface area contributed by atoms with Gasteiger partial charge in [-0.25, -0.2) is 0 Å². The normalized spacial score (nSPS) is 8.80. The second kappa shape index (κ2) is 11.5. The van der Waals surface area contributed by atoms with Gasteiger partial charge in [0, 0.05) is 0 Å². The molecule has 0 aliphatic carbocycles. The van der Waals surface area contributed by atoms with E-state index in [1.54, 1.807) is 0 Å². The predicted molar refractivity (Wildman–Crippen MR) is 49.3 cm³/mol. The summed E-state index contributed by atoms with van der Waals surface area (Å²) >= 11 is 0. The maximum absolute atomic E-state index is 3.00. The molecule has 0 fully saturated rings. The van der Waals surface area contributed by atoms with E-state index in [0.29, 0.717) is 0 Å². The molecule has 0 rings (SSSR count). The number of hydrogen-bond acceptors (Lipinski definition) is 1. The second-order valence-corrected chi connectivity index (χ2v) is 2.51. The van der Waals surface area contributed by atoms with Gasteiger partial charge in [0.05, 0.1) is 0 Å². The average molecular weight is 143 g/mol. The molecule has 10 heavy (non-hydrogen) atoms. The zero-order valence-electron chi connectivity index (χ0n) is 7.69. The molecule has 0 saturated heterocycles. The van der Waals surface area contributed by atoms with Gasteiger partial charge >= 0.3 is 0 Å². The van der Waals surface area contributed by atoms with Gasteiger partial charge in [-0.2, -0.15) is 0 Å². The lowest BCUT2D eigenvalue weighted by Gasteiger charge is -2.06. The SMILES string of the molecule is C=C.CCCCCN(C)C. The molecule has 0 heterocycles. The molecule has 0 amide bonds. The third kappa shape index (κ3) is 15.6. The Labute approximate surface area is 65.7 Å². The van der Waals surface area contributed by atoms with Crippen molar-refractivity contribution >= 4 is 0 Å². The molecule has 62 valence electrons. The maximum atomic E-state index is 3.00. The second-order valence-electron chi connectivity index (χ2n) is 2.51. The van der Waals surface area contributed by atoms with Crippen molar-refractivity contribution in [1.82, 2.24) is 4.90 Å². The van der Waals surface area contributed by atoms with Crippen molar-refractivity contribution in [2.45, 2.75) is 26.2 Å². The van der Waals surface area contributed by atoms with Gasteiger partial charge < -0.3 is 4.90 Å². The molecule has 0 radical (unpaired) electrons. The molecule has 0 unspecified atom stereocenters. The summed E-state index contributed by atoms with van der Waals surface area (Å²) in [4.78, 5) is 2.23. The predicted octanol–water partition coefficient (Wildman–Crippen LogP) is 2.54. The minimum absolute atomic E-state index is 1.24. The fraction of sp³-hybridized carbons (Fsp3) is 0.778. The highest BCUT2D eigenvalue weighted by molar-refractivity contribution is 4.42. The summed E-state index contributed by atoms with van der Waals surface area (Å²) in [7, 11) is 4.24. The van der Waals surface area contributed by atoms with Crippen molar-refractivity contribution in [3.8, 4) is 0 Å². The quantitative estimate of drug-likeness (QED) is 0.432. The Balaban J connectivity index is 0. The smallest absolute Gasteiger partial charge is 0.00248 e. The van der Waals surface area contributed by atoms with Crippen molar-refractivity contribution in [3.63, 3.8) is 0 Å². The summed E-state index contributed by atoms with van der Waals surface area (Å²) in [6, 6.07) is 0. The van der Waals surface area contributed by atoms with E-state index in [2.05, 4.69) is 39.1 Å². The Hall–Kier alpha value is -0.300. The van der Waals surface area contributed by atoms with Crippen molar-refractivity contribution in [1.29, 1.82) is 0 Å². The largest absolute Gasteiger partial charge is 0.309 e. The molecule has 0 saturated carbocycles. The molecule has 0 bridgehead atoms. The Morgan fingerprint density at radius 2 is 1.60 bits per heavy atom. The van der Waals surface area contributed by atoms with Gasteiger partial charge in [0.25, 0.3) is 0 Å². The lowest BCUT2D eigenvalue weighted by Crippen LogP contribution is -2.12. The summed E-state index contributed by atoms with van der Waals surface area (Å²) in [5.74, 6) is 0. The van der Waals surface area contributed by atoms with Gasteiger partial charge in [-0.05, 0) is 27.1 Å². The van der Waals surface area contributed by atoms with Gasteiger partial charge in [0.2, 0.25) is 0 Å². The first-order valence-electron chi connectivity index (χ1n) is 3.92. The zero-order chi connectivity index (χ0) is 8.41. The van der Waals surface area contributed by atoms with Crippen LogP contribution in [0.3, 0.4) is 0 Å². The van der Waals surface area contributed by atoms with Crippen LogP contribution >= 0.6 is 0 Å². The molecule has 0 aliphatic rings. The van der Waals surface area contributed by atoms with E-state index < -0.39 is 0 Å². The van der Waals surface area contributed by atoms with Crippen LogP contribution in [0.1, 0.15) is 26.2 Å². The van der Waals surface area contributed by atoms with Crippen molar-refractivity contribution in [2.75, 3.05) is 20.6 Å². The highest BCUT2D eigenvalue weighted by atomic mass is 15.0. The monoisotopic (exact) mass is 143 g/mol. The Kier molecular flexibility index (Phi) is 14.2. The summed E-state index contributed by atoms with van der Waals surface area (Å²) in [6.45, 7) is 9.48. The van der Waals surface area contributed by atoms with Crippen molar-refractivity contribution in [3.05, 3.63) is 13.2 Å². The number of unbranched alkanes of at least 4 members (excludes halogenated alkanes) is 2. The molecular formula is C9H21N. The lowest BCUT2D eigenvalue weighted by molar-refractivity contribution is 0.393. The first-order chi connectivity index (χ1) is 4.77. The molecule has 0 aliphatic heterocycles. The van der Waals surface area contributed by atoms with Gasteiger partial charge in [-0.3, -0.25) is 0 Å². The van der Waals surface area contributed by atoms with E-state index in [-0.39, 0.29) is 0 Å². The molecule has 0 N–H and O–H groups in total. The van der Waals surface area contributed by atoms with Crippen molar-refractivity contribution in [2.24, 2.45) is 0 Å². The Bertz CT molecular complexity index is 50.7. The van der Waals surface area contributed by atoms with E-state index in [1.807, 2.05) is 0 Å². The number of hydrogen-bond donors (Lipinski definition) is 0. The van der Waals surface area contributed by atoms with Gasteiger partial charge in [0.1, 0.15) is 0 Å². The van der Waals surface area contributed by atoms with E-state index in [1.165, 1.54) is 25.8 Å². The Morgan fingerprint density at radius 1 is 1.10 bits per heavy atom. The number of rotatable bonds is 4. The summed E-state index contributed by atoms with van der Waals surface area (Å²) in [5, 5.41) is 0. The molecule has 0 atom stereocenters. The lowest BCUT2D eigenvalue weighted by atomic mass is 10.2. The summed E-state index contributed by atoms with van der Waals surface area (Å²) < 4.78 is 0. The Morgan fingerprint density at radius 3 is 1.90 bits per heavy atom. The molecule has 0 spiro atoms. The maximum Gasteiger partial charge on any atom is -0.00248 e. The topological polar surface area (TPSA) is 3.24 Å². The van der Waals surface area contributed by atoms with Crippen LogP contribution in [-0.2, 0) is 0 Å². The van der Waals surface area contributed by atoms with Crippen LogP contribution in [0.4, 0.5) is 0 Å². The molecule has 0 aromatic rings. The fourth-order valence-corrected chi connectivity index (χ4v) is 0.678. The zero-order valence-corrected chi connectivity index (χ0v) is 7.69. The molecule has 1 nitrogen and oxygen atoms in total. The number of nitrogens with zero attached hydrogens (tertiary/aromatic N) is 1. The van der Waals surface area contributed by atoms with E-state index in [9.17, 15) is 0 Å². The van der Waals surface area contributed by atoms with Crippen LogP contribution in [0, 0.1) is 0 Å². The van der Waals surface area contributed by atoms with Crippen molar-refractivity contribution < 1.29 is 0 Å². The first-order valence-corrected chi connectivity index (χ1v) is 3.92. The highest BCUT2D eigenvalue weighted by Gasteiger charge is 1.86. The highest BCUT2D eigenvalue weighted by Crippen LogP contribution is 1.93. The van der Waals surface area contributed by atoms with Gasteiger partial charge in [0.15, 0.2) is 0 Å². The molecular weight excluding hydrogens is 122 g/mol. The minimum Gasteiger partial charge on any atom is -0.309 e. The van der Waals surface area contributed by atoms with Crippen LogP contribution in [0.5, 0.6) is 0 Å². The third-order valence-electron chi connectivity index (χ3n) is 1.21. The fourth-order valence-electron chi connectivity index (χ4n) is 0.678. The molecule has 1 heteroatoms. The molecule has 0 aromatic heterocycles. The van der Waals surface area contributed by atoms with Crippen LogP contribution in [-0.4, -0.2) is 25.5 Å². The third-order valence-corrected chi connectivity index (χ3v) is 1.21. The van der Waals surface area contributed by atoms with E-state index >= 15 is 0 Å². The van der Waals surface area contributed by atoms with E-state index in [0.717, 1.165) is 0 Å². The summed E-state index contributed by atoms with van der Waals surface area (Å²) in [6.07, 6.45) is 4.05. The average Bonchev–Trinajstić information content (AvgIpc) is 1.92.